The molecule has 0 amide bonds. The summed E-state index contributed by atoms with van der Waals surface area (Å²) in [4.78, 5) is 2.35. The normalized spacial score (nSPS) is 41.8. The maximum Gasteiger partial charge on any atom is 0.0838 e. The molecule has 82 valence electrons. The third-order valence-electron chi connectivity index (χ3n) is 4.15. The Morgan fingerprint density at radius 2 is 2.00 bits per heavy atom. The third-order valence-corrected chi connectivity index (χ3v) is 4.15. The molecule has 2 aliphatic rings. The van der Waals surface area contributed by atoms with Crippen molar-refractivity contribution in [2.24, 2.45) is 5.92 Å². The van der Waals surface area contributed by atoms with E-state index in [0.717, 1.165) is 38.9 Å². The average Bonchev–Trinajstić information content (AvgIpc) is 2.49. The fraction of sp³-hybridized carbons (Fsp3) is 1.00. The lowest BCUT2D eigenvalue weighted by Crippen LogP contribution is -2.50. The molecule has 2 heterocycles. The highest BCUT2D eigenvalue weighted by molar-refractivity contribution is 5.01. The zero-order valence-corrected chi connectivity index (χ0v) is 9.29. The lowest BCUT2D eigenvalue weighted by Gasteiger charge is -2.40. The SMILES string of the molecule is CC1NCCC1(O)C1CCN(C)CC1. The van der Waals surface area contributed by atoms with Crippen molar-refractivity contribution in [3.05, 3.63) is 0 Å². The summed E-state index contributed by atoms with van der Waals surface area (Å²) in [6.07, 6.45) is 3.24. The molecule has 0 aromatic carbocycles. The standard InChI is InChI=1S/C11H22N2O/c1-9-11(14,5-6-12-9)10-3-7-13(2)8-4-10/h9-10,12,14H,3-8H2,1-2H3. The number of piperidine rings is 1. The highest BCUT2D eigenvalue weighted by atomic mass is 16.3. The van der Waals surface area contributed by atoms with E-state index in [1.54, 1.807) is 0 Å². The maximum atomic E-state index is 10.6. The van der Waals surface area contributed by atoms with Crippen LogP contribution in [-0.2, 0) is 0 Å². The summed E-state index contributed by atoms with van der Waals surface area (Å²) in [6.45, 7) is 5.37. The molecular formula is C11H22N2O. The fourth-order valence-corrected chi connectivity index (χ4v) is 2.95. The predicted molar refractivity (Wildman–Crippen MR) is 57.3 cm³/mol. The van der Waals surface area contributed by atoms with Crippen LogP contribution in [0.25, 0.3) is 0 Å². The van der Waals surface area contributed by atoms with Crippen LogP contribution in [-0.4, -0.2) is 48.3 Å². The van der Waals surface area contributed by atoms with E-state index in [0.29, 0.717) is 5.92 Å². The molecule has 0 saturated carbocycles. The molecule has 2 atom stereocenters. The topological polar surface area (TPSA) is 35.5 Å². The van der Waals surface area contributed by atoms with Crippen molar-refractivity contribution in [2.75, 3.05) is 26.7 Å². The molecule has 0 bridgehead atoms. The number of rotatable bonds is 1. The van der Waals surface area contributed by atoms with Gasteiger partial charge in [-0.2, -0.15) is 0 Å². The quantitative estimate of drug-likeness (QED) is 0.642. The Morgan fingerprint density at radius 1 is 1.36 bits per heavy atom. The van der Waals surface area contributed by atoms with Crippen LogP contribution < -0.4 is 5.32 Å². The van der Waals surface area contributed by atoms with Gasteiger partial charge >= 0.3 is 0 Å². The summed E-state index contributed by atoms with van der Waals surface area (Å²) in [6, 6.07) is 0.274. The van der Waals surface area contributed by atoms with Crippen LogP contribution in [0.3, 0.4) is 0 Å². The van der Waals surface area contributed by atoms with Crippen LogP contribution in [0.15, 0.2) is 0 Å². The number of nitrogens with zero attached hydrogens (tertiary/aromatic N) is 1. The predicted octanol–water partition coefficient (Wildman–Crippen LogP) is 0.441. The van der Waals surface area contributed by atoms with Crippen molar-refractivity contribution in [1.82, 2.24) is 10.2 Å². The zero-order valence-electron chi connectivity index (χ0n) is 9.29. The van der Waals surface area contributed by atoms with Crippen LogP contribution in [0.2, 0.25) is 0 Å². The molecule has 0 aliphatic carbocycles. The number of aliphatic hydroxyl groups is 1. The average molecular weight is 198 g/mol. The third kappa shape index (κ3) is 1.69. The molecule has 0 radical (unpaired) electrons. The fourth-order valence-electron chi connectivity index (χ4n) is 2.95. The number of nitrogens with one attached hydrogen (secondary N) is 1. The van der Waals surface area contributed by atoms with Crippen LogP contribution in [0, 0.1) is 5.92 Å². The Balaban J connectivity index is 2.00. The molecule has 0 aromatic rings. The number of hydrogen-bond acceptors (Lipinski definition) is 3. The van der Waals surface area contributed by atoms with Gasteiger partial charge in [0.05, 0.1) is 5.60 Å². The lowest BCUT2D eigenvalue weighted by molar-refractivity contribution is -0.0456. The summed E-state index contributed by atoms with van der Waals surface area (Å²) < 4.78 is 0. The summed E-state index contributed by atoms with van der Waals surface area (Å²) in [5, 5.41) is 13.9. The van der Waals surface area contributed by atoms with Gasteiger partial charge in [-0.25, -0.2) is 0 Å². The van der Waals surface area contributed by atoms with E-state index in [4.69, 9.17) is 0 Å². The highest BCUT2D eigenvalue weighted by Crippen LogP contribution is 2.35. The van der Waals surface area contributed by atoms with E-state index >= 15 is 0 Å². The first kappa shape index (κ1) is 10.4. The minimum Gasteiger partial charge on any atom is -0.388 e. The first-order valence-corrected chi connectivity index (χ1v) is 5.77. The molecule has 14 heavy (non-hydrogen) atoms. The van der Waals surface area contributed by atoms with Gasteiger partial charge in [-0.3, -0.25) is 0 Å². The smallest absolute Gasteiger partial charge is 0.0838 e. The van der Waals surface area contributed by atoms with E-state index in [2.05, 4.69) is 24.2 Å². The van der Waals surface area contributed by atoms with E-state index in [-0.39, 0.29) is 6.04 Å². The van der Waals surface area contributed by atoms with E-state index < -0.39 is 5.60 Å². The molecule has 2 saturated heterocycles. The second-order valence-electron chi connectivity index (χ2n) is 4.99. The van der Waals surface area contributed by atoms with Gasteiger partial charge in [0, 0.05) is 6.04 Å². The van der Waals surface area contributed by atoms with Crippen molar-refractivity contribution >= 4 is 0 Å². The Morgan fingerprint density at radius 3 is 2.50 bits per heavy atom. The first-order chi connectivity index (χ1) is 6.63. The molecule has 2 rings (SSSR count). The molecule has 0 spiro atoms. The molecule has 3 heteroatoms. The van der Waals surface area contributed by atoms with Gasteiger partial charge in [0.25, 0.3) is 0 Å². The van der Waals surface area contributed by atoms with Crippen molar-refractivity contribution < 1.29 is 5.11 Å². The molecule has 2 fully saturated rings. The highest BCUT2D eigenvalue weighted by Gasteiger charge is 2.45. The minimum absolute atomic E-state index is 0.274. The summed E-state index contributed by atoms with van der Waals surface area (Å²) in [5.74, 6) is 0.503. The molecule has 2 N–H and O–H groups in total. The van der Waals surface area contributed by atoms with Crippen LogP contribution in [0.4, 0.5) is 0 Å². The largest absolute Gasteiger partial charge is 0.388 e. The van der Waals surface area contributed by atoms with Crippen LogP contribution >= 0.6 is 0 Å². The molecule has 2 aliphatic heterocycles. The van der Waals surface area contributed by atoms with Gasteiger partial charge in [0.1, 0.15) is 0 Å². The minimum atomic E-state index is -0.429. The second kappa shape index (κ2) is 3.80. The Bertz CT molecular complexity index is 201. The second-order valence-corrected chi connectivity index (χ2v) is 4.99. The van der Waals surface area contributed by atoms with Gasteiger partial charge in [-0.1, -0.05) is 0 Å². The number of likely N-dealkylation sites (tertiary alicyclic amines) is 1. The maximum absolute atomic E-state index is 10.6. The molecule has 3 nitrogen and oxygen atoms in total. The monoisotopic (exact) mass is 198 g/mol. The van der Waals surface area contributed by atoms with Crippen molar-refractivity contribution in [3.8, 4) is 0 Å². The Kier molecular flexibility index (Phi) is 2.82. The summed E-state index contributed by atoms with van der Waals surface area (Å²) in [7, 11) is 2.16. The van der Waals surface area contributed by atoms with E-state index in [9.17, 15) is 5.11 Å². The summed E-state index contributed by atoms with van der Waals surface area (Å²) >= 11 is 0. The summed E-state index contributed by atoms with van der Waals surface area (Å²) in [5.41, 5.74) is -0.429. The number of hydrogen-bond donors (Lipinski definition) is 2. The van der Waals surface area contributed by atoms with Gasteiger partial charge in [0.15, 0.2) is 0 Å². The van der Waals surface area contributed by atoms with Gasteiger partial charge < -0.3 is 15.3 Å². The van der Waals surface area contributed by atoms with Crippen molar-refractivity contribution in [2.45, 2.75) is 37.8 Å². The molecular weight excluding hydrogens is 176 g/mol. The zero-order chi connectivity index (χ0) is 10.2. The Hall–Kier alpha value is -0.120. The first-order valence-electron chi connectivity index (χ1n) is 5.77. The molecule has 2 unspecified atom stereocenters. The lowest BCUT2D eigenvalue weighted by atomic mass is 9.76. The Labute approximate surface area is 86.5 Å². The van der Waals surface area contributed by atoms with Gasteiger partial charge in [-0.15, -0.1) is 0 Å². The van der Waals surface area contributed by atoms with E-state index in [1.807, 2.05) is 0 Å². The van der Waals surface area contributed by atoms with Crippen LogP contribution in [0.5, 0.6) is 0 Å². The van der Waals surface area contributed by atoms with Crippen molar-refractivity contribution in [3.63, 3.8) is 0 Å². The van der Waals surface area contributed by atoms with Crippen LogP contribution in [0.1, 0.15) is 26.2 Å². The van der Waals surface area contributed by atoms with Gasteiger partial charge in [0.2, 0.25) is 0 Å². The van der Waals surface area contributed by atoms with E-state index in [1.165, 1.54) is 0 Å². The van der Waals surface area contributed by atoms with Gasteiger partial charge in [-0.05, 0) is 58.8 Å². The molecule has 0 aromatic heterocycles. The van der Waals surface area contributed by atoms with Crippen molar-refractivity contribution in [1.29, 1.82) is 0 Å².